The molecule has 50 heavy (non-hydrogen) atoms. The van der Waals surface area contributed by atoms with E-state index in [4.69, 9.17) is 26.1 Å². The first-order valence-electron chi connectivity index (χ1n) is 17.6. The number of ether oxygens (including phenoxy) is 2. The lowest BCUT2D eigenvalue weighted by Gasteiger charge is -2.34. The number of benzene rings is 1. The predicted octanol–water partition coefficient (Wildman–Crippen LogP) is 6.02. The van der Waals surface area contributed by atoms with Crippen molar-refractivity contribution in [1.29, 1.82) is 0 Å². The van der Waals surface area contributed by atoms with Crippen molar-refractivity contribution < 1.29 is 19.1 Å². The van der Waals surface area contributed by atoms with Crippen LogP contribution in [0.5, 0.6) is 0 Å². The molecule has 0 saturated carbocycles. The van der Waals surface area contributed by atoms with E-state index in [1.165, 1.54) is 36.3 Å². The Hall–Kier alpha value is -4.24. The number of esters is 1. The average molecular weight is 711 g/mol. The molecule has 0 spiro atoms. The van der Waals surface area contributed by atoms with Gasteiger partial charge in [0, 0.05) is 31.2 Å². The van der Waals surface area contributed by atoms with Gasteiger partial charge in [-0.25, -0.2) is 14.4 Å². The van der Waals surface area contributed by atoms with E-state index in [1.54, 1.807) is 30.7 Å². The summed E-state index contributed by atoms with van der Waals surface area (Å²) in [6.45, 7) is 10.7. The van der Waals surface area contributed by atoms with Gasteiger partial charge in [0.2, 0.25) is 5.95 Å². The van der Waals surface area contributed by atoms with Crippen LogP contribution in [-0.4, -0.2) is 62.1 Å². The molecule has 0 aliphatic carbocycles. The van der Waals surface area contributed by atoms with Crippen LogP contribution in [0, 0.1) is 11.8 Å². The molecule has 1 saturated heterocycles. The van der Waals surface area contributed by atoms with E-state index >= 15 is 0 Å². The standard InChI is InChI=1S/C37H51ClN6O6/c1-7-9-11-12-13-14-15-22-49-33(46)29-23-27(38)19-18-26(29)24-44-32(45)30-31(41(6)36(44)48)40-34(43(30)21-10-8-2)42-20-16-17-28(25-42)39-35(47)50-37(3,4)5/h18-19,23,28H,7,9,11-17,20-22,24-25H2,1-6H3,(H,39,47). The first-order chi connectivity index (χ1) is 23.8. The maximum Gasteiger partial charge on any atom is 0.407 e. The normalized spacial score (nSPS) is 14.7. The molecule has 0 bridgehead atoms. The van der Waals surface area contributed by atoms with Crippen molar-refractivity contribution in [3.05, 3.63) is 55.2 Å². The Morgan fingerprint density at radius 1 is 1.08 bits per heavy atom. The van der Waals surface area contributed by atoms with E-state index in [9.17, 15) is 19.2 Å². The number of nitrogens with zero attached hydrogens (tertiary/aromatic N) is 5. The molecule has 1 aliphatic heterocycles. The first kappa shape index (κ1) is 38.6. The fraction of sp³-hybridized carbons (Fsp3) is 0.595. The SMILES string of the molecule is CC#CCn1c(N2CCCC(NC(=O)OC(C)(C)C)C2)nc2c1c(=O)n(Cc1ccc(Cl)cc1C(=O)OCCCCCCCCC)c(=O)n2C. The van der Waals surface area contributed by atoms with Gasteiger partial charge in [0.25, 0.3) is 5.56 Å². The third-order valence-electron chi connectivity index (χ3n) is 8.65. The molecular formula is C37H51ClN6O6. The fourth-order valence-electron chi connectivity index (χ4n) is 6.15. The average Bonchev–Trinajstić information content (AvgIpc) is 3.45. The molecule has 13 heteroatoms. The highest BCUT2D eigenvalue weighted by Gasteiger charge is 2.29. The summed E-state index contributed by atoms with van der Waals surface area (Å²) in [5.74, 6) is 5.85. The molecular weight excluding hydrogens is 660 g/mol. The van der Waals surface area contributed by atoms with Crippen LogP contribution in [0.4, 0.5) is 10.7 Å². The molecule has 1 fully saturated rings. The smallest absolute Gasteiger partial charge is 0.407 e. The second-order valence-electron chi connectivity index (χ2n) is 13.8. The summed E-state index contributed by atoms with van der Waals surface area (Å²) >= 11 is 6.28. The monoisotopic (exact) mass is 710 g/mol. The van der Waals surface area contributed by atoms with Crippen molar-refractivity contribution in [2.45, 2.75) is 117 Å². The van der Waals surface area contributed by atoms with Crippen LogP contribution in [0.2, 0.25) is 5.02 Å². The van der Waals surface area contributed by atoms with Crippen molar-refractivity contribution in [2.75, 3.05) is 24.6 Å². The van der Waals surface area contributed by atoms with E-state index in [0.717, 1.165) is 36.7 Å². The van der Waals surface area contributed by atoms with Crippen LogP contribution in [0.3, 0.4) is 0 Å². The highest BCUT2D eigenvalue weighted by atomic mass is 35.5. The highest BCUT2D eigenvalue weighted by Crippen LogP contribution is 2.24. The summed E-state index contributed by atoms with van der Waals surface area (Å²) < 4.78 is 15.2. The van der Waals surface area contributed by atoms with Gasteiger partial charge >= 0.3 is 17.8 Å². The van der Waals surface area contributed by atoms with Crippen LogP contribution in [0.1, 0.15) is 108 Å². The molecule has 1 atom stereocenters. The van der Waals surface area contributed by atoms with E-state index in [2.05, 4.69) is 24.1 Å². The number of piperidine rings is 1. The van der Waals surface area contributed by atoms with Gasteiger partial charge in [-0.05, 0) is 64.7 Å². The Balaban J connectivity index is 1.63. The molecule has 12 nitrogen and oxygen atoms in total. The van der Waals surface area contributed by atoms with Crippen molar-refractivity contribution in [3.8, 4) is 11.8 Å². The number of aromatic nitrogens is 4. The lowest BCUT2D eigenvalue weighted by Crippen LogP contribution is -2.49. The third kappa shape index (κ3) is 9.93. The van der Waals surface area contributed by atoms with Crippen LogP contribution in [0.25, 0.3) is 11.2 Å². The molecule has 3 aromatic rings. The Morgan fingerprint density at radius 3 is 2.50 bits per heavy atom. The molecule has 3 heterocycles. The number of hydrogen-bond acceptors (Lipinski definition) is 8. The molecule has 0 radical (unpaired) electrons. The van der Waals surface area contributed by atoms with Crippen LogP contribution >= 0.6 is 11.6 Å². The van der Waals surface area contributed by atoms with Crippen molar-refractivity contribution >= 4 is 40.8 Å². The van der Waals surface area contributed by atoms with Crippen molar-refractivity contribution in [1.82, 2.24) is 24.0 Å². The number of amides is 1. The number of carbonyl (C=O) groups excluding carboxylic acids is 2. The van der Waals surface area contributed by atoms with E-state index < -0.39 is 28.9 Å². The zero-order valence-corrected chi connectivity index (χ0v) is 31.0. The Bertz CT molecular complexity index is 1840. The maximum absolute atomic E-state index is 14.2. The number of fused-ring (bicyclic) bond motifs is 1. The highest BCUT2D eigenvalue weighted by molar-refractivity contribution is 6.31. The predicted molar refractivity (Wildman–Crippen MR) is 196 cm³/mol. The van der Waals surface area contributed by atoms with Crippen LogP contribution in [-0.2, 0) is 29.6 Å². The molecule has 1 N–H and O–H groups in total. The van der Waals surface area contributed by atoms with Gasteiger partial charge in [-0.2, -0.15) is 4.98 Å². The second-order valence-corrected chi connectivity index (χ2v) is 14.3. The number of alkyl carbamates (subject to hydrolysis) is 1. The summed E-state index contributed by atoms with van der Waals surface area (Å²) in [5.41, 5.74) is -0.697. The molecule has 1 aliphatic rings. The molecule has 1 amide bonds. The number of rotatable bonds is 14. The minimum atomic E-state index is -0.629. The van der Waals surface area contributed by atoms with Gasteiger partial charge in [-0.3, -0.25) is 18.5 Å². The molecule has 4 rings (SSSR count). The number of halogens is 1. The minimum Gasteiger partial charge on any atom is -0.462 e. The van der Waals surface area contributed by atoms with Crippen LogP contribution < -0.4 is 21.5 Å². The summed E-state index contributed by atoms with van der Waals surface area (Å²) in [7, 11) is 1.57. The summed E-state index contributed by atoms with van der Waals surface area (Å²) in [6.07, 6.45) is 8.65. The maximum atomic E-state index is 14.2. The molecule has 2 aromatic heterocycles. The number of anilines is 1. The summed E-state index contributed by atoms with van der Waals surface area (Å²) in [4.78, 5) is 60.5. The van der Waals surface area contributed by atoms with E-state index in [0.29, 0.717) is 29.6 Å². The van der Waals surface area contributed by atoms with Gasteiger partial charge in [0.15, 0.2) is 11.2 Å². The van der Waals surface area contributed by atoms with Gasteiger partial charge in [0.1, 0.15) is 5.60 Å². The number of aryl methyl sites for hydroxylation is 1. The van der Waals surface area contributed by atoms with Gasteiger partial charge < -0.3 is 19.7 Å². The lowest BCUT2D eigenvalue weighted by atomic mass is 10.1. The van der Waals surface area contributed by atoms with Crippen molar-refractivity contribution in [2.24, 2.45) is 7.05 Å². The number of carbonyl (C=O) groups is 2. The van der Waals surface area contributed by atoms with Gasteiger partial charge in [-0.1, -0.05) is 69.0 Å². The minimum absolute atomic E-state index is 0.160. The molecule has 272 valence electrons. The molecule has 1 unspecified atom stereocenters. The van der Waals surface area contributed by atoms with E-state index in [1.807, 2.05) is 25.7 Å². The Morgan fingerprint density at radius 2 is 1.80 bits per heavy atom. The van der Waals surface area contributed by atoms with Crippen molar-refractivity contribution in [3.63, 3.8) is 0 Å². The fourth-order valence-corrected chi connectivity index (χ4v) is 6.32. The zero-order chi connectivity index (χ0) is 36.4. The Labute approximate surface area is 299 Å². The second kappa shape index (κ2) is 17.6. The van der Waals surface area contributed by atoms with E-state index in [-0.39, 0.29) is 42.5 Å². The number of unbranched alkanes of at least 4 members (excludes halogenated alkanes) is 6. The summed E-state index contributed by atoms with van der Waals surface area (Å²) in [6, 6.07) is 4.56. The largest absolute Gasteiger partial charge is 0.462 e. The quantitative estimate of drug-likeness (QED) is 0.122. The number of nitrogens with one attached hydrogen (secondary N) is 1. The topological polar surface area (TPSA) is 130 Å². The first-order valence-corrected chi connectivity index (χ1v) is 18.0. The molecule has 1 aromatic carbocycles. The lowest BCUT2D eigenvalue weighted by molar-refractivity contribution is 0.0487. The third-order valence-corrected chi connectivity index (χ3v) is 8.89. The van der Waals surface area contributed by atoms with Gasteiger partial charge in [0.05, 0.1) is 25.3 Å². The number of imidazole rings is 1. The van der Waals surface area contributed by atoms with Gasteiger partial charge in [-0.15, -0.1) is 5.92 Å². The number of hydrogen-bond donors (Lipinski definition) is 1. The zero-order valence-electron chi connectivity index (χ0n) is 30.3. The summed E-state index contributed by atoms with van der Waals surface area (Å²) in [5, 5.41) is 3.29. The Kier molecular flexibility index (Phi) is 13.6. The van der Waals surface area contributed by atoms with Crippen LogP contribution in [0.15, 0.2) is 27.8 Å².